The summed E-state index contributed by atoms with van der Waals surface area (Å²) in [6, 6.07) is 3.16. The van der Waals surface area contributed by atoms with E-state index in [9.17, 15) is 9.90 Å². The number of amides is 2. The van der Waals surface area contributed by atoms with Gasteiger partial charge in [-0.25, -0.2) is 9.78 Å². The highest BCUT2D eigenvalue weighted by atomic mass is 32.1. The molecule has 1 atom stereocenters. The van der Waals surface area contributed by atoms with Gasteiger partial charge in [0.05, 0.1) is 17.2 Å². The number of carbonyl (C=O) groups is 1. The Morgan fingerprint density at radius 1 is 1.41 bits per heavy atom. The van der Waals surface area contributed by atoms with E-state index in [1.165, 1.54) is 0 Å². The molecule has 22 heavy (non-hydrogen) atoms. The molecule has 0 saturated heterocycles. The largest absolute Gasteiger partial charge is 0.463 e. The van der Waals surface area contributed by atoms with Gasteiger partial charge in [-0.05, 0) is 32.9 Å². The molecule has 0 unspecified atom stereocenters. The lowest BCUT2D eigenvalue weighted by atomic mass is 10.0. The van der Waals surface area contributed by atoms with E-state index in [0.717, 1.165) is 16.5 Å². The molecule has 0 aliphatic carbocycles. The van der Waals surface area contributed by atoms with E-state index < -0.39 is 5.60 Å². The van der Waals surface area contributed by atoms with E-state index in [0.29, 0.717) is 18.7 Å². The van der Waals surface area contributed by atoms with Crippen LogP contribution in [0.25, 0.3) is 0 Å². The first-order valence-corrected chi connectivity index (χ1v) is 7.97. The zero-order valence-electron chi connectivity index (χ0n) is 13.0. The quantitative estimate of drug-likeness (QED) is 0.760. The minimum absolute atomic E-state index is 0.0710. The number of nitrogens with zero attached hydrogens (tertiary/aromatic N) is 1. The number of nitrogens with one attached hydrogen (secondary N) is 2. The van der Waals surface area contributed by atoms with E-state index in [-0.39, 0.29) is 12.6 Å². The number of rotatable bonds is 6. The Kier molecular flexibility index (Phi) is 5.20. The van der Waals surface area contributed by atoms with Crippen LogP contribution in [-0.2, 0) is 12.0 Å². The third-order valence-electron chi connectivity index (χ3n) is 3.20. The summed E-state index contributed by atoms with van der Waals surface area (Å²) in [5, 5.41) is 18.7. The molecule has 0 aliphatic rings. The fourth-order valence-corrected chi connectivity index (χ4v) is 2.60. The molecule has 2 aromatic rings. The predicted molar refractivity (Wildman–Crippen MR) is 85.0 cm³/mol. The summed E-state index contributed by atoms with van der Waals surface area (Å²) in [5.41, 5.74) is -0.265. The van der Waals surface area contributed by atoms with Crippen LogP contribution >= 0.6 is 11.3 Å². The summed E-state index contributed by atoms with van der Waals surface area (Å²) < 4.78 is 5.39. The maximum Gasteiger partial charge on any atom is 0.314 e. The van der Waals surface area contributed by atoms with Crippen molar-refractivity contribution in [2.75, 3.05) is 13.1 Å². The molecule has 0 spiro atoms. The number of furan rings is 1. The average Bonchev–Trinajstić information content (AvgIpc) is 3.06. The van der Waals surface area contributed by atoms with Gasteiger partial charge in [-0.3, -0.25) is 0 Å². The number of aromatic nitrogens is 1. The zero-order chi connectivity index (χ0) is 16.2. The molecular weight excluding hydrogens is 302 g/mol. The van der Waals surface area contributed by atoms with Crippen LogP contribution in [0.1, 0.15) is 29.1 Å². The lowest BCUT2D eigenvalue weighted by Gasteiger charge is -2.21. The topological polar surface area (TPSA) is 87.4 Å². The molecule has 0 fully saturated rings. The molecule has 0 saturated carbocycles. The number of hydrogen-bond acceptors (Lipinski definition) is 5. The molecule has 0 radical (unpaired) electrons. The molecule has 2 heterocycles. The number of carbonyl (C=O) groups excluding carboxylic acids is 1. The fraction of sp³-hybridized carbons (Fsp3) is 0.467. The van der Waals surface area contributed by atoms with E-state index in [2.05, 4.69) is 15.6 Å². The van der Waals surface area contributed by atoms with Gasteiger partial charge in [-0.15, -0.1) is 11.3 Å². The molecule has 3 N–H and O–H groups in total. The van der Waals surface area contributed by atoms with Crippen molar-refractivity contribution in [1.82, 2.24) is 15.6 Å². The molecule has 2 rings (SSSR count). The van der Waals surface area contributed by atoms with Crippen LogP contribution < -0.4 is 10.6 Å². The maximum atomic E-state index is 11.7. The number of thiazole rings is 1. The first-order chi connectivity index (χ1) is 10.4. The Hall–Kier alpha value is -1.86. The lowest BCUT2D eigenvalue weighted by molar-refractivity contribution is 0.0360. The van der Waals surface area contributed by atoms with E-state index in [1.54, 1.807) is 37.3 Å². The Morgan fingerprint density at radius 3 is 2.77 bits per heavy atom. The number of urea groups is 1. The van der Waals surface area contributed by atoms with E-state index in [4.69, 9.17) is 4.42 Å². The van der Waals surface area contributed by atoms with Crippen molar-refractivity contribution in [2.45, 2.75) is 32.8 Å². The van der Waals surface area contributed by atoms with Crippen molar-refractivity contribution >= 4 is 17.4 Å². The Morgan fingerprint density at radius 2 is 2.18 bits per heavy atom. The highest BCUT2D eigenvalue weighted by molar-refractivity contribution is 7.09. The predicted octanol–water partition coefficient (Wildman–Crippen LogP) is 2.10. The normalized spacial score (nSPS) is 13.6. The number of aryl methyl sites for hydroxylation is 2. The average molecular weight is 323 g/mol. The summed E-state index contributed by atoms with van der Waals surface area (Å²) in [7, 11) is 0. The third-order valence-corrected chi connectivity index (χ3v) is 4.02. The van der Waals surface area contributed by atoms with Gasteiger partial charge < -0.3 is 20.2 Å². The summed E-state index contributed by atoms with van der Waals surface area (Å²) in [6.45, 7) is 5.93. The molecule has 2 amide bonds. The van der Waals surface area contributed by atoms with Gasteiger partial charge in [0.2, 0.25) is 0 Å². The lowest BCUT2D eigenvalue weighted by Crippen LogP contribution is -2.43. The second kappa shape index (κ2) is 6.93. The van der Waals surface area contributed by atoms with Crippen LogP contribution in [0.5, 0.6) is 0 Å². The van der Waals surface area contributed by atoms with Gasteiger partial charge in [-0.2, -0.15) is 0 Å². The maximum absolute atomic E-state index is 11.7. The van der Waals surface area contributed by atoms with Crippen LogP contribution in [0.2, 0.25) is 0 Å². The van der Waals surface area contributed by atoms with Crippen molar-refractivity contribution in [3.63, 3.8) is 0 Å². The monoisotopic (exact) mass is 323 g/mol. The van der Waals surface area contributed by atoms with Crippen molar-refractivity contribution in [2.24, 2.45) is 0 Å². The first kappa shape index (κ1) is 16.5. The van der Waals surface area contributed by atoms with Crippen molar-refractivity contribution in [3.8, 4) is 0 Å². The standard InChI is InChI=1S/C15H21N3O3S/c1-10-4-5-13(21-10)15(3,20)9-17-14(19)16-7-6-12-8-22-11(2)18-12/h4-5,8,20H,6-7,9H2,1-3H3,(H2,16,17,19)/t15-/m1/s1. The van der Waals surface area contributed by atoms with Crippen molar-refractivity contribution in [3.05, 3.63) is 39.7 Å². The molecule has 0 bridgehead atoms. The second-order valence-electron chi connectivity index (χ2n) is 5.40. The van der Waals surface area contributed by atoms with E-state index >= 15 is 0 Å². The minimum atomic E-state index is -1.24. The minimum Gasteiger partial charge on any atom is -0.463 e. The van der Waals surface area contributed by atoms with Gasteiger partial charge in [0, 0.05) is 18.3 Å². The second-order valence-corrected chi connectivity index (χ2v) is 6.46. The number of aliphatic hydroxyl groups is 1. The van der Waals surface area contributed by atoms with Crippen LogP contribution in [0.4, 0.5) is 4.79 Å². The molecular formula is C15H21N3O3S. The zero-order valence-corrected chi connectivity index (χ0v) is 13.8. The molecule has 6 nitrogen and oxygen atoms in total. The Balaban J connectivity index is 1.73. The van der Waals surface area contributed by atoms with Gasteiger partial charge in [0.15, 0.2) is 0 Å². The third kappa shape index (κ3) is 4.57. The summed E-state index contributed by atoms with van der Waals surface area (Å²) in [5.74, 6) is 1.15. The highest BCUT2D eigenvalue weighted by Crippen LogP contribution is 2.21. The van der Waals surface area contributed by atoms with Crippen molar-refractivity contribution in [1.29, 1.82) is 0 Å². The van der Waals surface area contributed by atoms with Crippen molar-refractivity contribution < 1.29 is 14.3 Å². The van der Waals surface area contributed by atoms with Crippen LogP contribution in [0.3, 0.4) is 0 Å². The summed E-state index contributed by atoms with van der Waals surface area (Å²) in [6.07, 6.45) is 0.686. The fourth-order valence-electron chi connectivity index (χ4n) is 1.95. The first-order valence-electron chi connectivity index (χ1n) is 7.09. The molecule has 2 aromatic heterocycles. The van der Waals surface area contributed by atoms with Crippen LogP contribution in [-0.4, -0.2) is 29.2 Å². The van der Waals surface area contributed by atoms with Gasteiger partial charge in [0.25, 0.3) is 0 Å². The molecule has 120 valence electrons. The van der Waals surface area contributed by atoms with Gasteiger partial charge in [0.1, 0.15) is 17.1 Å². The van der Waals surface area contributed by atoms with Crippen LogP contribution in [0.15, 0.2) is 21.9 Å². The van der Waals surface area contributed by atoms with Gasteiger partial charge in [-0.1, -0.05) is 0 Å². The molecule has 0 aromatic carbocycles. The number of hydrogen-bond donors (Lipinski definition) is 3. The summed E-state index contributed by atoms with van der Waals surface area (Å²) in [4.78, 5) is 16.1. The Labute approximate surface area is 133 Å². The smallest absolute Gasteiger partial charge is 0.314 e. The highest BCUT2D eigenvalue weighted by Gasteiger charge is 2.27. The van der Waals surface area contributed by atoms with E-state index in [1.807, 2.05) is 12.3 Å². The van der Waals surface area contributed by atoms with Crippen LogP contribution in [0, 0.1) is 13.8 Å². The SMILES string of the molecule is Cc1ccc([C@](C)(O)CNC(=O)NCCc2csc(C)n2)o1. The summed E-state index contributed by atoms with van der Waals surface area (Å²) >= 11 is 1.59. The Bertz CT molecular complexity index is 634. The van der Waals surface area contributed by atoms with Gasteiger partial charge >= 0.3 is 6.03 Å². The molecule has 0 aliphatic heterocycles. The molecule has 7 heteroatoms.